The summed E-state index contributed by atoms with van der Waals surface area (Å²) in [4.78, 5) is 2.38. The largest absolute Gasteiger partial charge is 0.388 e. The minimum atomic E-state index is -0.408. The van der Waals surface area contributed by atoms with Crippen LogP contribution in [0.25, 0.3) is 0 Å². The molecular formula is C14H11BrOS. The maximum absolute atomic E-state index is 10.3. The fraction of sp³-hybridized carbons (Fsp3) is 0.143. The van der Waals surface area contributed by atoms with Crippen LogP contribution in [-0.4, -0.2) is 5.11 Å². The van der Waals surface area contributed by atoms with Gasteiger partial charge in [0.15, 0.2) is 0 Å². The molecule has 2 aromatic rings. The first-order valence-corrected chi connectivity index (χ1v) is 7.08. The van der Waals surface area contributed by atoms with E-state index in [1.54, 1.807) is 11.8 Å². The third-order valence-corrected chi connectivity index (χ3v) is 4.63. The highest BCUT2D eigenvalue weighted by atomic mass is 79.9. The minimum Gasteiger partial charge on any atom is -0.388 e. The van der Waals surface area contributed by atoms with Gasteiger partial charge < -0.3 is 5.11 Å². The highest BCUT2D eigenvalue weighted by Gasteiger charge is 2.20. The molecule has 0 spiro atoms. The molecule has 86 valence electrons. The topological polar surface area (TPSA) is 20.2 Å². The summed E-state index contributed by atoms with van der Waals surface area (Å²) >= 11 is 5.21. The number of hydrogen-bond acceptors (Lipinski definition) is 2. The third kappa shape index (κ3) is 2.15. The van der Waals surface area contributed by atoms with Crippen molar-refractivity contribution < 1.29 is 5.11 Å². The zero-order chi connectivity index (χ0) is 11.8. The molecule has 3 rings (SSSR count). The fourth-order valence-electron chi connectivity index (χ4n) is 2.08. The van der Waals surface area contributed by atoms with Gasteiger partial charge in [-0.3, -0.25) is 0 Å². The normalized spacial score (nSPS) is 18.1. The van der Waals surface area contributed by atoms with E-state index in [0.717, 1.165) is 14.9 Å². The first-order chi connectivity index (χ1) is 8.24. The van der Waals surface area contributed by atoms with Crippen molar-refractivity contribution in [1.29, 1.82) is 0 Å². The molecule has 0 aromatic heterocycles. The van der Waals surface area contributed by atoms with Crippen molar-refractivity contribution in [3.63, 3.8) is 0 Å². The molecule has 17 heavy (non-hydrogen) atoms. The molecule has 1 aliphatic rings. The highest BCUT2D eigenvalue weighted by molar-refractivity contribution is 9.10. The lowest BCUT2D eigenvalue weighted by Crippen LogP contribution is -2.01. The van der Waals surface area contributed by atoms with Gasteiger partial charge in [-0.15, -0.1) is 0 Å². The number of hydrogen-bond donors (Lipinski definition) is 1. The molecule has 0 saturated carbocycles. The van der Waals surface area contributed by atoms with Gasteiger partial charge in [-0.2, -0.15) is 0 Å². The van der Waals surface area contributed by atoms with Gasteiger partial charge in [0.1, 0.15) is 0 Å². The van der Waals surface area contributed by atoms with E-state index >= 15 is 0 Å². The van der Waals surface area contributed by atoms with Crippen molar-refractivity contribution in [2.24, 2.45) is 0 Å². The molecule has 1 N–H and O–H groups in total. The SMILES string of the molecule is OC1Cc2ccccc2Sc2cc(Br)ccc21. The molecule has 1 nitrogen and oxygen atoms in total. The molecule has 0 saturated heterocycles. The van der Waals surface area contributed by atoms with Crippen LogP contribution in [0.5, 0.6) is 0 Å². The van der Waals surface area contributed by atoms with Crippen LogP contribution in [0.1, 0.15) is 17.2 Å². The van der Waals surface area contributed by atoms with Crippen LogP contribution in [0, 0.1) is 0 Å². The van der Waals surface area contributed by atoms with Gasteiger partial charge in [0.2, 0.25) is 0 Å². The summed E-state index contributed by atoms with van der Waals surface area (Å²) in [6.07, 6.45) is 0.284. The monoisotopic (exact) mass is 306 g/mol. The van der Waals surface area contributed by atoms with Crippen molar-refractivity contribution in [2.75, 3.05) is 0 Å². The van der Waals surface area contributed by atoms with Crippen LogP contribution in [-0.2, 0) is 6.42 Å². The zero-order valence-corrected chi connectivity index (χ0v) is 11.5. The van der Waals surface area contributed by atoms with E-state index in [-0.39, 0.29) is 0 Å². The van der Waals surface area contributed by atoms with Crippen LogP contribution in [0.4, 0.5) is 0 Å². The average Bonchev–Trinajstić information content (AvgIpc) is 2.44. The quantitative estimate of drug-likeness (QED) is 0.787. The summed E-state index contributed by atoms with van der Waals surface area (Å²) in [6, 6.07) is 14.3. The van der Waals surface area contributed by atoms with Gasteiger partial charge >= 0.3 is 0 Å². The van der Waals surface area contributed by atoms with Gasteiger partial charge in [-0.25, -0.2) is 0 Å². The van der Waals surface area contributed by atoms with Crippen LogP contribution >= 0.6 is 27.7 Å². The Labute approximate surface area is 113 Å². The number of benzene rings is 2. The summed E-state index contributed by atoms with van der Waals surface area (Å²) in [5, 5.41) is 10.3. The standard InChI is InChI=1S/C14H11BrOS/c15-10-5-6-11-12(16)7-9-3-1-2-4-13(9)17-14(11)8-10/h1-6,8,12,16H,7H2. The Balaban J connectivity index is 2.15. The number of aliphatic hydroxyl groups is 1. The van der Waals surface area contributed by atoms with E-state index in [0.29, 0.717) is 6.42 Å². The molecule has 0 fully saturated rings. The second kappa shape index (κ2) is 4.48. The van der Waals surface area contributed by atoms with E-state index < -0.39 is 6.10 Å². The van der Waals surface area contributed by atoms with Gasteiger partial charge in [0.25, 0.3) is 0 Å². The molecule has 1 heterocycles. The minimum absolute atomic E-state index is 0.408. The van der Waals surface area contributed by atoms with Crippen molar-refractivity contribution >= 4 is 27.7 Å². The molecule has 0 bridgehead atoms. The van der Waals surface area contributed by atoms with Crippen LogP contribution in [0.15, 0.2) is 56.7 Å². The van der Waals surface area contributed by atoms with E-state index in [1.165, 1.54) is 10.5 Å². The Kier molecular flexibility index (Phi) is 2.99. The Morgan fingerprint density at radius 3 is 2.82 bits per heavy atom. The Morgan fingerprint density at radius 1 is 1.12 bits per heavy atom. The van der Waals surface area contributed by atoms with Gasteiger partial charge in [0, 0.05) is 20.7 Å². The maximum atomic E-state index is 10.3. The average molecular weight is 307 g/mol. The van der Waals surface area contributed by atoms with Crippen molar-refractivity contribution in [3.05, 3.63) is 58.1 Å². The molecule has 1 aliphatic heterocycles. The van der Waals surface area contributed by atoms with Crippen LogP contribution < -0.4 is 0 Å². The number of rotatable bonds is 0. The zero-order valence-electron chi connectivity index (χ0n) is 9.06. The van der Waals surface area contributed by atoms with Gasteiger partial charge in [0.05, 0.1) is 6.10 Å². The van der Waals surface area contributed by atoms with Crippen LogP contribution in [0.2, 0.25) is 0 Å². The number of halogens is 1. The highest BCUT2D eigenvalue weighted by Crippen LogP contribution is 2.41. The summed E-state index contributed by atoms with van der Waals surface area (Å²) in [7, 11) is 0. The van der Waals surface area contributed by atoms with E-state index in [9.17, 15) is 5.11 Å². The van der Waals surface area contributed by atoms with E-state index in [1.807, 2.05) is 24.3 Å². The Bertz CT molecular complexity index is 568. The second-order valence-corrected chi connectivity index (χ2v) is 6.11. The Hall–Kier alpha value is -0.770. The summed E-state index contributed by atoms with van der Waals surface area (Å²) in [5.41, 5.74) is 2.24. The number of aliphatic hydroxyl groups excluding tert-OH is 1. The van der Waals surface area contributed by atoms with E-state index in [4.69, 9.17) is 0 Å². The summed E-state index contributed by atoms with van der Waals surface area (Å²) in [5.74, 6) is 0. The molecule has 0 aliphatic carbocycles. The second-order valence-electron chi connectivity index (χ2n) is 4.11. The lowest BCUT2D eigenvalue weighted by molar-refractivity contribution is 0.175. The lowest BCUT2D eigenvalue weighted by atomic mass is 10.0. The molecular weight excluding hydrogens is 296 g/mol. The molecule has 0 radical (unpaired) electrons. The maximum Gasteiger partial charge on any atom is 0.0841 e. The molecule has 1 unspecified atom stereocenters. The molecule has 0 amide bonds. The first kappa shape index (κ1) is 11.3. The third-order valence-electron chi connectivity index (χ3n) is 2.94. The summed E-state index contributed by atoms with van der Waals surface area (Å²) < 4.78 is 1.05. The van der Waals surface area contributed by atoms with Gasteiger partial charge in [-0.1, -0.05) is 52.0 Å². The van der Waals surface area contributed by atoms with Crippen molar-refractivity contribution in [2.45, 2.75) is 22.3 Å². The first-order valence-electron chi connectivity index (χ1n) is 5.47. The lowest BCUT2D eigenvalue weighted by Gasteiger charge is -2.10. The molecule has 2 aromatic carbocycles. The van der Waals surface area contributed by atoms with Crippen molar-refractivity contribution in [3.8, 4) is 0 Å². The predicted octanol–water partition coefficient (Wildman–Crippen LogP) is 4.19. The number of fused-ring (bicyclic) bond motifs is 2. The fourth-order valence-corrected chi connectivity index (χ4v) is 3.77. The smallest absolute Gasteiger partial charge is 0.0841 e. The Morgan fingerprint density at radius 2 is 1.94 bits per heavy atom. The summed E-state index contributed by atoms with van der Waals surface area (Å²) in [6.45, 7) is 0. The molecule has 1 atom stereocenters. The van der Waals surface area contributed by atoms with Crippen molar-refractivity contribution in [1.82, 2.24) is 0 Å². The van der Waals surface area contributed by atoms with Crippen LogP contribution in [0.3, 0.4) is 0 Å². The molecule has 3 heteroatoms. The predicted molar refractivity (Wildman–Crippen MR) is 73.4 cm³/mol. The van der Waals surface area contributed by atoms with E-state index in [2.05, 4.69) is 34.1 Å². The van der Waals surface area contributed by atoms with Gasteiger partial charge in [-0.05, 0) is 29.3 Å².